The fourth-order valence-electron chi connectivity index (χ4n) is 0.204. The Morgan fingerprint density at radius 2 is 2.12 bits per heavy atom. The van der Waals surface area contributed by atoms with Crippen molar-refractivity contribution in [1.82, 2.24) is 4.72 Å². The average Bonchev–Trinajstić information content (AvgIpc) is 1.67. The molecule has 0 saturated carbocycles. The monoisotopic (exact) mass is 201 g/mol. The molecule has 0 heterocycles. The first-order valence-corrected chi connectivity index (χ1v) is 4.87. The van der Waals surface area contributed by atoms with Gasteiger partial charge in [-0.25, -0.2) is 13.1 Å². The van der Waals surface area contributed by atoms with Gasteiger partial charge >= 0.3 is 0 Å². The lowest BCUT2D eigenvalue weighted by atomic mass is 11.0. The van der Waals surface area contributed by atoms with Gasteiger partial charge in [-0.2, -0.15) is 0 Å². The summed E-state index contributed by atoms with van der Waals surface area (Å²) >= 11 is 3.01. The minimum Gasteiger partial charge on any atom is -0.218 e. The Kier molecular flexibility index (Phi) is 3.59. The van der Waals surface area contributed by atoms with Gasteiger partial charge in [0.25, 0.3) is 0 Å². The second kappa shape index (κ2) is 3.42. The summed E-state index contributed by atoms with van der Waals surface area (Å²) in [6.07, 6.45) is 0. The Morgan fingerprint density at radius 3 is 2.25 bits per heavy atom. The number of rotatable bonds is 3. The largest absolute Gasteiger partial charge is 0.218 e. The summed E-state index contributed by atoms with van der Waals surface area (Å²) in [7, 11) is -1.57. The summed E-state index contributed by atoms with van der Waals surface area (Å²) in [6, 6.07) is 0. The van der Waals surface area contributed by atoms with E-state index in [0.29, 0.717) is 5.33 Å². The van der Waals surface area contributed by atoms with Crippen LogP contribution in [0.2, 0.25) is 0 Å². The zero-order valence-electron chi connectivity index (χ0n) is 4.52. The molecular weight excluding hydrogens is 194 g/mol. The molecule has 0 aromatic heterocycles. The summed E-state index contributed by atoms with van der Waals surface area (Å²) in [4.78, 5) is 0. The van der Waals surface area contributed by atoms with Crippen LogP contribution in [0.5, 0.6) is 0 Å². The molecule has 0 aliphatic carbocycles. The smallest absolute Gasteiger partial charge is 0.212 e. The highest BCUT2D eigenvalue weighted by Crippen LogP contribution is 1.85. The fourth-order valence-corrected chi connectivity index (χ4v) is 1.89. The number of sulfonamides is 1. The van der Waals surface area contributed by atoms with Crippen LogP contribution in [0.4, 0.5) is 0 Å². The molecule has 3 nitrogen and oxygen atoms in total. The summed E-state index contributed by atoms with van der Waals surface area (Å²) in [5, 5.41) is 0.482. The number of nitrogens with one attached hydrogen (secondary N) is 1. The van der Waals surface area contributed by atoms with Crippen LogP contribution >= 0.6 is 15.9 Å². The Balaban J connectivity index is 3.76. The van der Waals surface area contributed by atoms with Crippen LogP contribution in [0.15, 0.2) is 0 Å². The SMILES string of the molecule is CNS(=O)(=O)CCBr. The predicted octanol–water partition coefficient (Wildman–Crippen LogP) is -0.0695. The molecule has 0 atom stereocenters. The number of hydrogen-bond acceptors (Lipinski definition) is 2. The highest BCUT2D eigenvalue weighted by molar-refractivity contribution is 9.09. The van der Waals surface area contributed by atoms with Crippen LogP contribution in [0.3, 0.4) is 0 Å². The van der Waals surface area contributed by atoms with E-state index in [2.05, 4.69) is 20.7 Å². The molecule has 0 bridgehead atoms. The van der Waals surface area contributed by atoms with E-state index < -0.39 is 10.0 Å². The van der Waals surface area contributed by atoms with Crippen molar-refractivity contribution in [3.63, 3.8) is 0 Å². The summed E-state index contributed by atoms with van der Waals surface area (Å²) < 4.78 is 23.1. The summed E-state index contributed by atoms with van der Waals surface area (Å²) in [6.45, 7) is 0. The zero-order valence-corrected chi connectivity index (χ0v) is 6.92. The van der Waals surface area contributed by atoms with Crippen LogP contribution in [0.25, 0.3) is 0 Å². The quantitative estimate of drug-likeness (QED) is 0.651. The highest BCUT2D eigenvalue weighted by atomic mass is 79.9. The molecule has 0 aromatic carbocycles. The standard InChI is InChI=1S/C3H8BrNO2S/c1-5-8(6,7)3-2-4/h5H,2-3H2,1H3. The van der Waals surface area contributed by atoms with Gasteiger partial charge in [0.15, 0.2) is 0 Å². The van der Waals surface area contributed by atoms with E-state index in [1.54, 1.807) is 0 Å². The molecule has 0 spiro atoms. The maximum Gasteiger partial charge on any atom is 0.212 e. The summed E-state index contributed by atoms with van der Waals surface area (Å²) in [5.41, 5.74) is 0. The van der Waals surface area contributed by atoms with E-state index in [-0.39, 0.29) is 5.75 Å². The van der Waals surface area contributed by atoms with Gasteiger partial charge in [0, 0.05) is 5.33 Å². The van der Waals surface area contributed by atoms with Gasteiger partial charge in [-0.05, 0) is 7.05 Å². The van der Waals surface area contributed by atoms with E-state index in [9.17, 15) is 8.42 Å². The first-order chi connectivity index (χ1) is 3.62. The number of halogens is 1. The molecule has 8 heavy (non-hydrogen) atoms. The van der Waals surface area contributed by atoms with Crippen molar-refractivity contribution in [1.29, 1.82) is 0 Å². The molecule has 1 N–H and O–H groups in total. The number of alkyl halides is 1. The molecule has 5 heteroatoms. The fraction of sp³-hybridized carbons (Fsp3) is 1.00. The van der Waals surface area contributed by atoms with Gasteiger partial charge in [0.2, 0.25) is 10.0 Å². The minimum atomic E-state index is -2.97. The van der Waals surface area contributed by atoms with Crippen LogP contribution < -0.4 is 4.72 Å². The molecular formula is C3H8BrNO2S. The van der Waals surface area contributed by atoms with Crippen LogP contribution in [-0.4, -0.2) is 26.5 Å². The second-order valence-electron chi connectivity index (χ2n) is 1.21. The lowest BCUT2D eigenvalue weighted by Gasteiger charge is -1.95. The van der Waals surface area contributed by atoms with Gasteiger partial charge in [-0.1, -0.05) is 15.9 Å². The van der Waals surface area contributed by atoms with E-state index in [4.69, 9.17) is 0 Å². The summed E-state index contributed by atoms with van der Waals surface area (Å²) in [5.74, 6) is 0.142. The Bertz CT molecular complexity index is 141. The van der Waals surface area contributed by atoms with E-state index in [1.165, 1.54) is 7.05 Å². The first-order valence-electron chi connectivity index (χ1n) is 2.09. The topological polar surface area (TPSA) is 46.2 Å². The Morgan fingerprint density at radius 1 is 1.62 bits per heavy atom. The molecule has 0 aromatic rings. The van der Waals surface area contributed by atoms with Crippen LogP contribution in [0.1, 0.15) is 0 Å². The third-order valence-corrected chi connectivity index (χ3v) is 2.94. The zero-order chi connectivity index (χ0) is 6.62. The molecule has 0 aliphatic rings. The molecule has 0 rings (SSSR count). The lowest BCUT2D eigenvalue weighted by Crippen LogP contribution is -2.22. The van der Waals surface area contributed by atoms with E-state index in [1.807, 2.05) is 0 Å². The van der Waals surface area contributed by atoms with Crippen molar-refractivity contribution >= 4 is 26.0 Å². The maximum atomic E-state index is 10.5. The van der Waals surface area contributed by atoms with Gasteiger partial charge in [0.1, 0.15) is 0 Å². The second-order valence-corrected chi connectivity index (χ2v) is 4.05. The van der Waals surface area contributed by atoms with Crippen LogP contribution in [-0.2, 0) is 10.0 Å². The van der Waals surface area contributed by atoms with Crippen molar-refractivity contribution in [2.45, 2.75) is 0 Å². The van der Waals surface area contributed by atoms with Gasteiger partial charge < -0.3 is 0 Å². The molecule has 0 amide bonds. The predicted molar refractivity (Wildman–Crippen MR) is 36.6 cm³/mol. The van der Waals surface area contributed by atoms with E-state index in [0.717, 1.165) is 0 Å². The Hall–Kier alpha value is 0.390. The first kappa shape index (κ1) is 8.39. The molecule has 50 valence electrons. The van der Waals surface area contributed by atoms with Crippen molar-refractivity contribution in [3.8, 4) is 0 Å². The highest BCUT2D eigenvalue weighted by Gasteiger charge is 2.02. The van der Waals surface area contributed by atoms with Crippen LogP contribution in [0, 0.1) is 0 Å². The molecule has 0 aliphatic heterocycles. The average molecular weight is 202 g/mol. The lowest BCUT2D eigenvalue weighted by molar-refractivity contribution is 0.590. The van der Waals surface area contributed by atoms with Gasteiger partial charge in [-0.3, -0.25) is 0 Å². The minimum absolute atomic E-state index is 0.142. The van der Waals surface area contributed by atoms with Crippen molar-refractivity contribution < 1.29 is 8.42 Å². The molecule has 0 unspecified atom stereocenters. The van der Waals surface area contributed by atoms with Crippen molar-refractivity contribution in [2.24, 2.45) is 0 Å². The molecule has 0 radical (unpaired) electrons. The molecule has 0 fully saturated rings. The van der Waals surface area contributed by atoms with Crippen molar-refractivity contribution in [2.75, 3.05) is 18.1 Å². The molecule has 0 saturated heterocycles. The maximum absolute atomic E-state index is 10.5. The third kappa shape index (κ3) is 3.40. The van der Waals surface area contributed by atoms with Crippen molar-refractivity contribution in [3.05, 3.63) is 0 Å². The Labute approximate surface area is 57.6 Å². The van der Waals surface area contributed by atoms with E-state index >= 15 is 0 Å². The van der Waals surface area contributed by atoms with Gasteiger partial charge in [0.05, 0.1) is 5.75 Å². The normalized spacial score (nSPS) is 11.8. The van der Waals surface area contributed by atoms with Gasteiger partial charge in [-0.15, -0.1) is 0 Å². The number of hydrogen-bond donors (Lipinski definition) is 1. The third-order valence-electron chi connectivity index (χ3n) is 0.657.